The highest BCUT2D eigenvalue weighted by molar-refractivity contribution is 9.10. The van der Waals surface area contributed by atoms with E-state index in [4.69, 9.17) is 0 Å². The molecule has 0 atom stereocenters. The molecule has 4 nitrogen and oxygen atoms in total. The van der Waals surface area contributed by atoms with E-state index >= 15 is 0 Å². The second-order valence-electron chi connectivity index (χ2n) is 4.77. The molecular weight excluding hydrogens is 327 g/mol. The van der Waals surface area contributed by atoms with E-state index in [0.29, 0.717) is 30.4 Å². The number of hydrogen-bond acceptors (Lipinski definition) is 2. The maximum atomic E-state index is 13.1. The van der Waals surface area contributed by atoms with Gasteiger partial charge in [0.05, 0.1) is 11.0 Å². The molecule has 1 aromatic rings. The first-order valence-electron chi connectivity index (χ1n) is 6.54. The standard InChI is InChI=1S/C14H16BrFN2O2/c15-11-8-10(3-4-12(11)16)5-6-17-13(19)9-18-7-1-2-14(18)20/h3-4,8H,1-2,5-7,9H2,(H,17,19). The maximum absolute atomic E-state index is 13.1. The number of likely N-dealkylation sites (tertiary alicyclic amines) is 1. The Morgan fingerprint density at radius 2 is 2.25 bits per heavy atom. The predicted molar refractivity (Wildman–Crippen MR) is 76.6 cm³/mol. The molecule has 2 rings (SSSR count). The van der Waals surface area contributed by atoms with Crippen molar-refractivity contribution in [3.05, 3.63) is 34.1 Å². The lowest BCUT2D eigenvalue weighted by Gasteiger charge is -2.14. The average Bonchev–Trinajstić information content (AvgIpc) is 2.79. The van der Waals surface area contributed by atoms with Crippen LogP contribution in [0.3, 0.4) is 0 Å². The van der Waals surface area contributed by atoms with Crippen LogP contribution in [0.25, 0.3) is 0 Å². The lowest BCUT2D eigenvalue weighted by atomic mass is 10.1. The summed E-state index contributed by atoms with van der Waals surface area (Å²) in [6.07, 6.45) is 1.99. The van der Waals surface area contributed by atoms with Crippen LogP contribution in [0.1, 0.15) is 18.4 Å². The van der Waals surface area contributed by atoms with Gasteiger partial charge in [0.15, 0.2) is 0 Å². The van der Waals surface area contributed by atoms with Gasteiger partial charge in [-0.15, -0.1) is 0 Å². The molecule has 0 saturated carbocycles. The smallest absolute Gasteiger partial charge is 0.239 e. The molecule has 1 aliphatic heterocycles. The minimum absolute atomic E-state index is 0.0441. The first-order chi connectivity index (χ1) is 9.56. The molecule has 0 aromatic heterocycles. The van der Waals surface area contributed by atoms with Gasteiger partial charge in [0.25, 0.3) is 0 Å². The summed E-state index contributed by atoms with van der Waals surface area (Å²) in [5.41, 5.74) is 0.941. The van der Waals surface area contributed by atoms with Crippen LogP contribution in [-0.4, -0.2) is 36.3 Å². The number of amides is 2. The normalized spacial score (nSPS) is 14.7. The van der Waals surface area contributed by atoms with Gasteiger partial charge >= 0.3 is 0 Å². The SMILES string of the molecule is O=C(CN1CCCC1=O)NCCc1ccc(F)c(Br)c1. The number of hydrogen-bond donors (Lipinski definition) is 1. The highest BCUT2D eigenvalue weighted by Crippen LogP contribution is 2.16. The Morgan fingerprint density at radius 1 is 1.45 bits per heavy atom. The third-order valence-electron chi connectivity index (χ3n) is 3.23. The van der Waals surface area contributed by atoms with Crippen LogP contribution in [0.4, 0.5) is 4.39 Å². The van der Waals surface area contributed by atoms with Crippen molar-refractivity contribution < 1.29 is 14.0 Å². The average molecular weight is 343 g/mol. The van der Waals surface area contributed by atoms with Gasteiger partial charge in [0.2, 0.25) is 11.8 Å². The molecule has 0 bridgehead atoms. The molecule has 1 heterocycles. The Morgan fingerprint density at radius 3 is 2.90 bits per heavy atom. The second kappa shape index (κ2) is 6.83. The summed E-state index contributed by atoms with van der Waals surface area (Å²) in [4.78, 5) is 24.6. The number of nitrogens with one attached hydrogen (secondary N) is 1. The fraction of sp³-hybridized carbons (Fsp3) is 0.429. The van der Waals surface area contributed by atoms with Crippen molar-refractivity contribution in [2.24, 2.45) is 0 Å². The topological polar surface area (TPSA) is 49.4 Å². The molecule has 6 heteroatoms. The Hall–Kier alpha value is -1.43. The number of carbonyl (C=O) groups excluding carboxylic acids is 2. The van der Waals surface area contributed by atoms with Gasteiger partial charge in [0.1, 0.15) is 5.82 Å². The van der Waals surface area contributed by atoms with Crippen molar-refractivity contribution in [2.75, 3.05) is 19.6 Å². The highest BCUT2D eigenvalue weighted by Gasteiger charge is 2.21. The summed E-state index contributed by atoms with van der Waals surface area (Å²) in [6, 6.07) is 4.78. The summed E-state index contributed by atoms with van der Waals surface area (Å²) in [5, 5.41) is 2.77. The molecule has 2 amide bonds. The Labute approximate surface area is 125 Å². The Kier molecular flexibility index (Phi) is 5.11. The predicted octanol–water partition coefficient (Wildman–Crippen LogP) is 1.87. The number of carbonyl (C=O) groups is 2. The number of halogens is 2. The fourth-order valence-corrected chi connectivity index (χ4v) is 2.57. The summed E-state index contributed by atoms with van der Waals surface area (Å²) >= 11 is 3.13. The van der Waals surface area contributed by atoms with Gasteiger partial charge in [-0.2, -0.15) is 0 Å². The van der Waals surface area contributed by atoms with Crippen LogP contribution < -0.4 is 5.32 Å². The molecule has 20 heavy (non-hydrogen) atoms. The first-order valence-corrected chi connectivity index (χ1v) is 7.34. The van der Waals surface area contributed by atoms with Crippen molar-refractivity contribution in [3.8, 4) is 0 Å². The highest BCUT2D eigenvalue weighted by atomic mass is 79.9. The molecule has 0 radical (unpaired) electrons. The zero-order chi connectivity index (χ0) is 14.5. The van der Waals surface area contributed by atoms with Gasteiger partial charge in [-0.3, -0.25) is 9.59 Å². The molecule has 1 N–H and O–H groups in total. The van der Waals surface area contributed by atoms with Crippen LogP contribution in [-0.2, 0) is 16.0 Å². The van der Waals surface area contributed by atoms with Crippen molar-refractivity contribution >= 4 is 27.7 Å². The van der Waals surface area contributed by atoms with E-state index in [-0.39, 0.29) is 24.2 Å². The number of nitrogens with zero attached hydrogens (tertiary/aromatic N) is 1. The van der Waals surface area contributed by atoms with Crippen LogP contribution in [0.5, 0.6) is 0 Å². The second-order valence-corrected chi connectivity index (χ2v) is 5.62. The zero-order valence-electron chi connectivity index (χ0n) is 11.0. The minimum atomic E-state index is -0.301. The maximum Gasteiger partial charge on any atom is 0.239 e. The molecule has 1 fully saturated rings. The van der Waals surface area contributed by atoms with Gasteiger partial charge in [-0.1, -0.05) is 6.07 Å². The van der Waals surface area contributed by atoms with E-state index in [1.54, 1.807) is 17.0 Å². The third kappa shape index (κ3) is 4.03. The van der Waals surface area contributed by atoms with Crippen LogP contribution in [0.15, 0.2) is 22.7 Å². The van der Waals surface area contributed by atoms with Gasteiger partial charge in [-0.25, -0.2) is 4.39 Å². The quantitative estimate of drug-likeness (QED) is 0.887. The lowest BCUT2D eigenvalue weighted by Crippen LogP contribution is -2.38. The van der Waals surface area contributed by atoms with E-state index in [0.717, 1.165) is 12.0 Å². The van der Waals surface area contributed by atoms with Crippen molar-refractivity contribution in [3.63, 3.8) is 0 Å². The van der Waals surface area contributed by atoms with Crippen molar-refractivity contribution in [1.82, 2.24) is 10.2 Å². The first kappa shape index (κ1) is 15.0. The molecule has 1 saturated heterocycles. The molecule has 0 aliphatic carbocycles. The summed E-state index contributed by atoms with van der Waals surface area (Å²) in [5.74, 6) is -0.408. The molecule has 1 aromatic carbocycles. The van der Waals surface area contributed by atoms with Crippen molar-refractivity contribution in [1.29, 1.82) is 0 Å². The summed E-state index contributed by atoms with van der Waals surface area (Å²) in [7, 11) is 0. The minimum Gasteiger partial charge on any atom is -0.354 e. The fourth-order valence-electron chi connectivity index (χ4n) is 2.14. The van der Waals surface area contributed by atoms with Crippen LogP contribution in [0, 0.1) is 5.82 Å². The van der Waals surface area contributed by atoms with Gasteiger partial charge < -0.3 is 10.2 Å². The van der Waals surface area contributed by atoms with Crippen LogP contribution >= 0.6 is 15.9 Å². The molecule has 0 spiro atoms. The molecular formula is C14H16BrFN2O2. The lowest BCUT2D eigenvalue weighted by molar-refractivity contribution is -0.133. The van der Waals surface area contributed by atoms with Crippen molar-refractivity contribution in [2.45, 2.75) is 19.3 Å². The van der Waals surface area contributed by atoms with E-state index in [1.807, 2.05) is 0 Å². The molecule has 0 unspecified atom stereocenters. The van der Waals surface area contributed by atoms with E-state index in [9.17, 15) is 14.0 Å². The van der Waals surface area contributed by atoms with Gasteiger partial charge in [-0.05, 0) is 46.5 Å². The summed E-state index contributed by atoms with van der Waals surface area (Å²) in [6.45, 7) is 1.27. The monoisotopic (exact) mass is 342 g/mol. The zero-order valence-corrected chi connectivity index (χ0v) is 12.6. The van der Waals surface area contributed by atoms with E-state index in [2.05, 4.69) is 21.2 Å². The van der Waals surface area contributed by atoms with Crippen LogP contribution in [0.2, 0.25) is 0 Å². The molecule has 108 valence electrons. The third-order valence-corrected chi connectivity index (χ3v) is 3.83. The van der Waals surface area contributed by atoms with Gasteiger partial charge in [0, 0.05) is 19.5 Å². The summed E-state index contributed by atoms with van der Waals surface area (Å²) < 4.78 is 13.5. The Balaban J connectivity index is 1.73. The largest absolute Gasteiger partial charge is 0.354 e. The molecule has 1 aliphatic rings. The number of benzene rings is 1. The number of rotatable bonds is 5. The van der Waals surface area contributed by atoms with E-state index < -0.39 is 0 Å². The van der Waals surface area contributed by atoms with E-state index in [1.165, 1.54) is 6.07 Å². The Bertz CT molecular complexity index is 522.